The van der Waals surface area contributed by atoms with Crippen LogP contribution in [0.5, 0.6) is 0 Å². The van der Waals surface area contributed by atoms with E-state index in [0.717, 1.165) is 0 Å². The minimum Gasteiger partial charge on any atom is -0.388 e. The zero-order chi connectivity index (χ0) is 6.85. The third kappa shape index (κ3) is 1.05. The smallest absolute Gasteiger partial charge is 0.159 e. The van der Waals surface area contributed by atoms with Gasteiger partial charge in [0.15, 0.2) is 5.78 Å². The lowest BCUT2D eigenvalue weighted by Gasteiger charge is -1.96. The van der Waals surface area contributed by atoms with Gasteiger partial charge in [0.25, 0.3) is 0 Å². The predicted molar refractivity (Wildman–Crippen MR) is 29.8 cm³/mol. The van der Waals surface area contributed by atoms with Gasteiger partial charge in [0, 0.05) is 12.0 Å². The molecule has 0 aromatic rings. The molecule has 1 aliphatic carbocycles. The van der Waals surface area contributed by atoms with E-state index >= 15 is 0 Å². The average molecular weight is 126 g/mol. The molecule has 48 valence electrons. The lowest BCUT2D eigenvalue weighted by atomic mass is 10.2. The molecule has 0 aromatic carbocycles. The third-order valence-electron chi connectivity index (χ3n) is 1.24. The first-order valence-electron chi connectivity index (χ1n) is 2.61. The summed E-state index contributed by atoms with van der Waals surface area (Å²) in [6.45, 7) is 0. The van der Waals surface area contributed by atoms with E-state index in [1.165, 1.54) is 6.08 Å². The van der Waals surface area contributed by atoms with Gasteiger partial charge >= 0.3 is 0 Å². The monoisotopic (exact) mass is 126 g/mol. The lowest BCUT2D eigenvalue weighted by molar-refractivity contribution is -0.114. The van der Waals surface area contributed by atoms with Gasteiger partial charge in [-0.05, 0) is 6.08 Å². The second kappa shape index (κ2) is 2.11. The normalized spacial score (nSPS) is 26.1. The number of allylic oxidation sites excluding steroid dienone is 1. The van der Waals surface area contributed by atoms with Crippen LogP contribution in [-0.2, 0) is 9.59 Å². The minimum atomic E-state index is -0.852. The van der Waals surface area contributed by atoms with Gasteiger partial charge < -0.3 is 5.11 Å². The summed E-state index contributed by atoms with van der Waals surface area (Å²) in [4.78, 5) is 20.4. The standard InChI is InChI=1S/C6H6O3/c7-3-4-1-5(8)2-6(4)9/h1,3,6,9H,2H2. The molecule has 0 saturated carbocycles. The highest BCUT2D eigenvalue weighted by Crippen LogP contribution is 2.12. The van der Waals surface area contributed by atoms with E-state index in [1.807, 2.05) is 0 Å². The van der Waals surface area contributed by atoms with Crippen molar-refractivity contribution >= 4 is 12.1 Å². The molecule has 3 nitrogen and oxygen atoms in total. The Balaban J connectivity index is 2.80. The summed E-state index contributed by atoms with van der Waals surface area (Å²) in [5.74, 6) is -0.176. The molecule has 1 N–H and O–H groups in total. The summed E-state index contributed by atoms with van der Waals surface area (Å²) in [7, 11) is 0. The number of aldehydes is 1. The summed E-state index contributed by atoms with van der Waals surface area (Å²) in [6.07, 6.45) is 0.899. The fourth-order valence-corrected chi connectivity index (χ4v) is 0.762. The van der Waals surface area contributed by atoms with Crippen molar-refractivity contribution in [2.45, 2.75) is 12.5 Å². The summed E-state index contributed by atoms with van der Waals surface area (Å²) in [5, 5.41) is 8.84. The van der Waals surface area contributed by atoms with Crippen LogP contribution in [0, 0.1) is 0 Å². The number of hydrogen-bond donors (Lipinski definition) is 1. The van der Waals surface area contributed by atoms with E-state index in [9.17, 15) is 9.59 Å². The van der Waals surface area contributed by atoms with Crippen molar-refractivity contribution in [2.75, 3.05) is 0 Å². The molecule has 0 aliphatic heterocycles. The van der Waals surface area contributed by atoms with Crippen LogP contribution in [-0.4, -0.2) is 23.3 Å². The molecule has 0 radical (unpaired) electrons. The van der Waals surface area contributed by atoms with Crippen LogP contribution in [0.1, 0.15) is 6.42 Å². The maximum Gasteiger partial charge on any atom is 0.159 e. The van der Waals surface area contributed by atoms with Crippen LogP contribution in [0.2, 0.25) is 0 Å². The van der Waals surface area contributed by atoms with Gasteiger partial charge in [0.2, 0.25) is 0 Å². The Kier molecular flexibility index (Phi) is 1.44. The van der Waals surface area contributed by atoms with Crippen molar-refractivity contribution in [1.82, 2.24) is 0 Å². The molecule has 0 amide bonds. The molecule has 1 unspecified atom stereocenters. The van der Waals surface area contributed by atoms with Gasteiger partial charge in [0.1, 0.15) is 6.29 Å². The Hall–Kier alpha value is -0.960. The van der Waals surface area contributed by atoms with Crippen molar-refractivity contribution in [1.29, 1.82) is 0 Å². The van der Waals surface area contributed by atoms with Gasteiger partial charge in [0.05, 0.1) is 6.10 Å². The van der Waals surface area contributed by atoms with Crippen molar-refractivity contribution in [2.24, 2.45) is 0 Å². The molecule has 0 saturated heterocycles. The Labute approximate surface area is 52.0 Å². The Bertz CT molecular complexity index is 181. The number of ketones is 1. The van der Waals surface area contributed by atoms with Crippen LogP contribution in [0.25, 0.3) is 0 Å². The molecule has 3 heteroatoms. The first kappa shape index (κ1) is 6.16. The zero-order valence-electron chi connectivity index (χ0n) is 4.70. The minimum absolute atomic E-state index is 0.0636. The Morgan fingerprint density at radius 2 is 2.44 bits per heavy atom. The molecule has 0 bridgehead atoms. The summed E-state index contributed by atoms with van der Waals surface area (Å²) in [5.41, 5.74) is 0.194. The maximum atomic E-state index is 10.4. The topological polar surface area (TPSA) is 54.4 Å². The largest absolute Gasteiger partial charge is 0.388 e. The highest BCUT2D eigenvalue weighted by Gasteiger charge is 2.21. The Morgan fingerprint density at radius 1 is 1.78 bits per heavy atom. The van der Waals surface area contributed by atoms with Crippen molar-refractivity contribution < 1.29 is 14.7 Å². The quantitative estimate of drug-likeness (QED) is 0.479. The fourth-order valence-electron chi connectivity index (χ4n) is 0.762. The second-order valence-corrected chi connectivity index (χ2v) is 1.95. The average Bonchev–Trinajstić information content (AvgIpc) is 2.10. The van der Waals surface area contributed by atoms with Gasteiger partial charge in [-0.2, -0.15) is 0 Å². The first-order valence-corrected chi connectivity index (χ1v) is 2.61. The maximum absolute atomic E-state index is 10.4. The van der Waals surface area contributed by atoms with Gasteiger partial charge in [-0.25, -0.2) is 0 Å². The molecule has 1 aliphatic rings. The number of carbonyl (C=O) groups excluding carboxylic acids is 2. The molecular formula is C6H6O3. The summed E-state index contributed by atoms with van der Waals surface area (Å²) >= 11 is 0. The van der Waals surface area contributed by atoms with Crippen LogP contribution >= 0.6 is 0 Å². The lowest BCUT2D eigenvalue weighted by Crippen LogP contribution is -2.06. The summed E-state index contributed by atoms with van der Waals surface area (Å²) < 4.78 is 0. The van der Waals surface area contributed by atoms with E-state index < -0.39 is 6.10 Å². The van der Waals surface area contributed by atoms with Gasteiger partial charge in [-0.15, -0.1) is 0 Å². The molecule has 0 spiro atoms. The Morgan fingerprint density at radius 3 is 2.67 bits per heavy atom. The van der Waals surface area contributed by atoms with E-state index in [2.05, 4.69) is 0 Å². The van der Waals surface area contributed by atoms with E-state index in [-0.39, 0.29) is 17.8 Å². The van der Waals surface area contributed by atoms with E-state index in [0.29, 0.717) is 6.29 Å². The van der Waals surface area contributed by atoms with Gasteiger partial charge in [-0.3, -0.25) is 9.59 Å². The third-order valence-corrected chi connectivity index (χ3v) is 1.24. The molecule has 0 fully saturated rings. The molecule has 1 atom stereocenters. The fraction of sp³-hybridized carbons (Fsp3) is 0.333. The highest BCUT2D eigenvalue weighted by atomic mass is 16.3. The molecule has 9 heavy (non-hydrogen) atoms. The van der Waals surface area contributed by atoms with Crippen LogP contribution in [0.3, 0.4) is 0 Å². The predicted octanol–water partition coefficient (Wildman–Crippen LogP) is -0.555. The molecule has 1 rings (SSSR count). The van der Waals surface area contributed by atoms with Crippen molar-refractivity contribution in [3.05, 3.63) is 11.6 Å². The number of aliphatic hydroxyl groups is 1. The number of aliphatic hydroxyl groups excluding tert-OH is 1. The van der Waals surface area contributed by atoms with E-state index in [1.54, 1.807) is 0 Å². The molecule has 0 aromatic heterocycles. The SMILES string of the molecule is O=CC1=CC(=O)CC1O. The highest BCUT2D eigenvalue weighted by molar-refractivity contribution is 6.00. The molecule has 0 heterocycles. The van der Waals surface area contributed by atoms with Crippen molar-refractivity contribution in [3.8, 4) is 0 Å². The van der Waals surface area contributed by atoms with Crippen LogP contribution in [0.15, 0.2) is 11.6 Å². The van der Waals surface area contributed by atoms with Crippen LogP contribution in [0.4, 0.5) is 0 Å². The summed E-state index contributed by atoms with van der Waals surface area (Å²) in [6, 6.07) is 0. The number of carbonyl (C=O) groups is 2. The van der Waals surface area contributed by atoms with E-state index in [4.69, 9.17) is 5.11 Å². The number of hydrogen-bond acceptors (Lipinski definition) is 3. The molecular weight excluding hydrogens is 120 g/mol. The zero-order valence-corrected chi connectivity index (χ0v) is 4.70. The second-order valence-electron chi connectivity index (χ2n) is 1.95. The van der Waals surface area contributed by atoms with Crippen molar-refractivity contribution in [3.63, 3.8) is 0 Å². The van der Waals surface area contributed by atoms with Gasteiger partial charge in [-0.1, -0.05) is 0 Å². The van der Waals surface area contributed by atoms with Crippen LogP contribution < -0.4 is 0 Å². The first-order chi connectivity index (χ1) is 4.24. The number of rotatable bonds is 1.